The molecule has 1 aromatic rings. The highest BCUT2D eigenvalue weighted by Crippen LogP contribution is 2.28. The quantitative estimate of drug-likeness (QED) is 0.820. The van der Waals surface area contributed by atoms with E-state index in [-0.39, 0.29) is 0 Å². The van der Waals surface area contributed by atoms with Gasteiger partial charge in [0.25, 0.3) is 0 Å². The van der Waals surface area contributed by atoms with E-state index in [2.05, 4.69) is 4.98 Å². The van der Waals surface area contributed by atoms with Gasteiger partial charge in [0.05, 0.1) is 5.56 Å². The van der Waals surface area contributed by atoms with Crippen LogP contribution in [0.2, 0.25) is 0 Å². The fraction of sp³-hybridized carbons (Fsp3) is 0.455. The van der Waals surface area contributed by atoms with E-state index in [0.29, 0.717) is 5.69 Å². The standard InChI is InChI=1S/C7H6F3N.C2H4O3.C2H6/c1-5-2-3-6(4-11-5)7(8,9)10;3-1-2(4)5;1-2/h2-4H,1H3;3H,1H2,(H,4,5);1-2H3. The molecule has 7 heteroatoms. The lowest BCUT2D eigenvalue weighted by Crippen LogP contribution is -2.05. The van der Waals surface area contributed by atoms with Gasteiger partial charge in [-0.15, -0.1) is 0 Å². The topological polar surface area (TPSA) is 70.4 Å². The maximum atomic E-state index is 11.9. The number of aromatic nitrogens is 1. The Kier molecular flexibility index (Phi) is 9.79. The van der Waals surface area contributed by atoms with Crippen LogP contribution in [-0.2, 0) is 11.0 Å². The van der Waals surface area contributed by atoms with Crippen molar-refractivity contribution in [1.29, 1.82) is 0 Å². The summed E-state index contributed by atoms with van der Waals surface area (Å²) in [4.78, 5) is 12.6. The summed E-state index contributed by atoms with van der Waals surface area (Å²) in [5.41, 5.74) is -0.124. The van der Waals surface area contributed by atoms with Gasteiger partial charge in [-0.2, -0.15) is 13.2 Å². The molecule has 0 saturated heterocycles. The number of alkyl halides is 3. The van der Waals surface area contributed by atoms with Crippen LogP contribution in [-0.4, -0.2) is 27.8 Å². The largest absolute Gasteiger partial charge is 0.480 e. The number of halogens is 3. The maximum absolute atomic E-state index is 11.9. The Morgan fingerprint density at radius 3 is 2.00 bits per heavy atom. The van der Waals surface area contributed by atoms with E-state index in [1.807, 2.05) is 13.8 Å². The van der Waals surface area contributed by atoms with Gasteiger partial charge in [0.2, 0.25) is 0 Å². The Morgan fingerprint density at radius 1 is 1.33 bits per heavy atom. The number of nitrogens with zero attached hydrogens (tertiary/aromatic N) is 1. The Balaban J connectivity index is 0. The van der Waals surface area contributed by atoms with Gasteiger partial charge in [-0.3, -0.25) is 4.98 Å². The van der Waals surface area contributed by atoms with Gasteiger partial charge in [-0.1, -0.05) is 13.8 Å². The van der Waals surface area contributed by atoms with E-state index < -0.39 is 24.3 Å². The molecule has 1 aromatic heterocycles. The molecule has 0 fully saturated rings. The van der Waals surface area contributed by atoms with Crippen molar-refractivity contribution < 1.29 is 28.2 Å². The fourth-order valence-corrected chi connectivity index (χ4v) is 0.635. The van der Waals surface area contributed by atoms with Crippen molar-refractivity contribution in [2.24, 2.45) is 0 Å². The molecule has 0 bridgehead atoms. The number of carbonyl (C=O) groups is 1. The molecule has 1 heterocycles. The van der Waals surface area contributed by atoms with Crippen molar-refractivity contribution in [3.05, 3.63) is 29.6 Å². The normalized spacial score (nSPS) is 9.50. The third kappa shape index (κ3) is 9.59. The Hall–Kier alpha value is -1.63. The zero-order valence-electron chi connectivity index (χ0n) is 10.3. The lowest BCUT2D eigenvalue weighted by Gasteiger charge is -2.04. The van der Waals surface area contributed by atoms with Crippen LogP contribution < -0.4 is 0 Å². The number of pyridine rings is 1. The van der Waals surface area contributed by atoms with Gasteiger partial charge in [0.15, 0.2) is 0 Å². The van der Waals surface area contributed by atoms with E-state index in [0.717, 1.165) is 12.3 Å². The summed E-state index contributed by atoms with van der Waals surface area (Å²) < 4.78 is 35.6. The number of aliphatic hydroxyl groups excluding tert-OH is 1. The molecule has 0 aliphatic carbocycles. The molecule has 0 spiro atoms. The van der Waals surface area contributed by atoms with E-state index in [4.69, 9.17) is 15.0 Å². The first-order valence-electron chi connectivity index (χ1n) is 5.10. The van der Waals surface area contributed by atoms with Gasteiger partial charge in [-0.25, -0.2) is 4.79 Å². The molecule has 0 atom stereocenters. The highest BCUT2D eigenvalue weighted by molar-refractivity contribution is 5.67. The second-order valence-corrected chi connectivity index (χ2v) is 2.74. The molecule has 0 saturated carbocycles. The van der Waals surface area contributed by atoms with Gasteiger partial charge >= 0.3 is 12.1 Å². The number of aliphatic hydroxyl groups is 1. The second kappa shape index (κ2) is 9.41. The highest BCUT2D eigenvalue weighted by Gasteiger charge is 2.30. The summed E-state index contributed by atoms with van der Waals surface area (Å²) in [6, 6.07) is 2.35. The van der Waals surface area contributed by atoms with Crippen LogP contribution >= 0.6 is 0 Å². The zero-order chi connectivity index (χ0) is 14.8. The zero-order valence-corrected chi connectivity index (χ0v) is 10.3. The van der Waals surface area contributed by atoms with Crippen molar-refractivity contribution in [2.75, 3.05) is 6.61 Å². The number of hydrogen-bond donors (Lipinski definition) is 2. The van der Waals surface area contributed by atoms with Crippen LogP contribution in [0, 0.1) is 6.92 Å². The van der Waals surface area contributed by atoms with Gasteiger partial charge in [-0.05, 0) is 19.1 Å². The summed E-state index contributed by atoms with van der Waals surface area (Å²) >= 11 is 0. The summed E-state index contributed by atoms with van der Waals surface area (Å²) in [5.74, 6) is -1.19. The predicted molar refractivity (Wildman–Crippen MR) is 60.0 cm³/mol. The average molecular weight is 267 g/mol. The van der Waals surface area contributed by atoms with Gasteiger partial charge in [0.1, 0.15) is 6.61 Å². The average Bonchev–Trinajstić information content (AvgIpc) is 2.32. The third-order valence-corrected chi connectivity index (χ3v) is 1.37. The van der Waals surface area contributed by atoms with Crippen LogP contribution in [0.15, 0.2) is 18.3 Å². The SMILES string of the molecule is CC.Cc1ccc(C(F)(F)F)cn1.O=C(O)CO. The molecular formula is C11H16F3NO3. The minimum atomic E-state index is -4.28. The Morgan fingerprint density at radius 2 is 1.78 bits per heavy atom. The smallest absolute Gasteiger partial charge is 0.417 e. The lowest BCUT2D eigenvalue weighted by molar-refractivity contribution is -0.140. The van der Waals surface area contributed by atoms with E-state index in [1.165, 1.54) is 6.07 Å². The second-order valence-electron chi connectivity index (χ2n) is 2.74. The van der Waals surface area contributed by atoms with Gasteiger partial charge in [0, 0.05) is 11.9 Å². The molecular weight excluding hydrogens is 251 g/mol. The van der Waals surface area contributed by atoms with Crippen molar-refractivity contribution >= 4 is 5.97 Å². The molecule has 2 N–H and O–H groups in total. The minimum Gasteiger partial charge on any atom is -0.480 e. The van der Waals surface area contributed by atoms with Crippen molar-refractivity contribution in [3.8, 4) is 0 Å². The van der Waals surface area contributed by atoms with Crippen LogP contribution in [0.1, 0.15) is 25.1 Å². The number of carboxylic acids is 1. The van der Waals surface area contributed by atoms with Crippen LogP contribution in [0.4, 0.5) is 13.2 Å². The van der Waals surface area contributed by atoms with E-state index >= 15 is 0 Å². The van der Waals surface area contributed by atoms with Crippen molar-refractivity contribution in [2.45, 2.75) is 26.9 Å². The first-order valence-corrected chi connectivity index (χ1v) is 5.10. The number of aryl methyl sites for hydroxylation is 1. The number of carboxylic acid groups (broad SMARTS) is 1. The highest BCUT2D eigenvalue weighted by atomic mass is 19.4. The Bertz CT molecular complexity index is 336. The molecule has 4 nitrogen and oxygen atoms in total. The molecule has 104 valence electrons. The molecule has 0 radical (unpaired) electrons. The number of aliphatic carboxylic acids is 1. The first-order chi connectivity index (χ1) is 8.27. The molecule has 0 unspecified atom stereocenters. The van der Waals surface area contributed by atoms with E-state index in [9.17, 15) is 13.2 Å². The van der Waals surface area contributed by atoms with Crippen molar-refractivity contribution in [1.82, 2.24) is 4.98 Å². The van der Waals surface area contributed by atoms with Gasteiger partial charge < -0.3 is 10.2 Å². The van der Waals surface area contributed by atoms with Crippen molar-refractivity contribution in [3.63, 3.8) is 0 Å². The monoisotopic (exact) mass is 267 g/mol. The third-order valence-electron chi connectivity index (χ3n) is 1.37. The first kappa shape index (κ1) is 18.7. The molecule has 0 aromatic carbocycles. The Labute approximate surface area is 103 Å². The maximum Gasteiger partial charge on any atom is 0.417 e. The molecule has 1 rings (SSSR count). The predicted octanol–water partition coefficient (Wildman–Crippen LogP) is 2.50. The fourth-order valence-electron chi connectivity index (χ4n) is 0.635. The van der Waals surface area contributed by atoms with Crippen LogP contribution in [0.5, 0.6) is 0 Å². The molecule has 0 aliphatic heterocycles. The minimum absolute atomic E-state index is 0.581. The summed E-state index contributed by atoms with van der Waals surface area (Å²) in [6.07, 6.45) is -3.45. The molecule has 18 heavy (non-hydrogen) atoms. The summed E-state index contributed by atoms with van der Waals surface area (Å²) in [7, 11) is 0. The number of rotatable bonds is 1. The lowest BCUT2D eigenvalue weighted by atomic mass is 10.2. The van der Waals surface area contributed by atoms with E-state index in [1.54, 1.807) is 6.92 Å². The summed E-state index contributed by atoms with van der Waals surface area (Å²) in [5, 5.41) is 15.0. The van der Waals surface area contributed by atoms with Crippen LogP contribution in [0.3, 0.4) is 0 Å². The molecule has 0 amide bonds. The number of hydrogen-bond acceptors (Lipinski definition) is 3. The van der Waals surface area contributed by atoms with Crippen LogP contribution in [0.25, 0.3) is 0 Å². The molecule has 0 aliphatic rings. The summed E-state index contributed by atoms with van der Waals surface area (Å²) in [6.45, 7) is 4.86.